The summed E-state index contributed by atoms with van der Waals surface area (Å²) in [6.45, 7) is 7.38. The zero-order valence-electron chi connectivity index (χ0n) is 17.1. The second kappa shape index (κ2) is 10.3. The van der Waals surface area contributed by atoms with Crippen molar-refractivity contribution >= 4 is 34.7 Å². The Balaban J connectivity index is 1.50. The summed E-state index contributed by atoms with van der Waals surface area (Å²) >= 11 is 5.39. The lowest BCUT2D eigenvalue weighted by molar-refractivity contribution is 0.0526. The Morgan fingerprint density at radius 3 is 2.76 bits per heavy atom. The van der Waals surface area contributed by atoms with Crippen molar-refractivity contribution in [3.05, 3.63) is 59.7 Å². The first-order chi connectivity index (χ1) is 14.0. The van der Waals surface area contributed by atoms with E-state index in [-0.39, 0.29) is 5.97 Å². The van der Waals surface area contributed by atoms with Crippen molar-refractivity contribution in [2.45, 2.75) is 33.2 Å². The van der Waals surface area contributed by atoms with Gasteiger partial charge in [-0.1, -0.05) is 25.1 Å². The van der Waals surface area contributed by atoms with Crippen LogP contribution in [0.5, 0.6) is 0 Å². The summed E-state index contributed by atoms with van der Waals surface area (Å²) in [4.78, 5) is 14.3. The average molecular weight is 412 g/mol. The molecule has 1 atom stereocenters. The molecule has 0 aliphatic carbocycles. The summed E-state index contributed by atoms with van der Waals surface area (Å²) in [7, 11) is 0. The lowest BCUT2D eigenvalue weighted by Gasteiger charge is -2.32. The van der Waals surface area contributed by atoms with Gasteiger partial charge in [0, 0.05) is 31.0 Å². The van der Waals surface area contributed by atoms with E-state index < -0.39 is 0 Å². The molecule has 29 heavy (non-hydrogen) atoms. The van der Waals surface area contributed by atoms with Gasteiger partial charge in [-0.3, -0.25) is 0 Å². The van der Waals surface area contributed by atoms with Gasteiger partial charge in [0.05, 0.1) is 12.2 Å². The summed E-state index contributed by atoms with van der Waals surface area (Å²) < 4.78 is 5.03. The van der Waals surface area contributed by atoms with Crippen LogP contribution in [0, 0.1) is 5.92 Å². The van der Waals surface area contributed by atoms with E-state index in [1.165, 1.54) is 24.1 Å². The molecule has 5 nitrogen and oxygen atoms in total. The van der Waals surface area contributed by atoms with E-state index in [9.17, 15) is 4.79 Å². The lowest BCUT2D eigenvalue weighted by Crippen LogP contribution is -2.34. The molecule has 0 spiro atoms. The third kappa shape index (κ3) is 6.19. The molecule has 1 fully saturated rings. The third-order valence-corrected chi connectivity index (χ3v) is 5.29. The molecule has 154 valence electrons. The van der Waals surface area contributed by atoms with Gasteiger partial charge in [-0.15, -0.1) is 0 Å². The van der Waals surface area contributed by atoms with Crippen LogP contribution in [0.15, 0.2) is 48.5 Å². The Bertz CT molecular complexity index is 838. The van der Waals surface area contributed by atoms with Gasteiger partial charge in [0.25, 0.3) is 0 Å². The largest absolute Gasteiger partial charge is 0.462 e. The van der Waals surface area contributed by atoms with Crippen LogP contribution in [0.1, 0.15) is 42.6 Å². The summed E-state index contributed by atoms with van der Waals surface area (Å²) in [6, 6.07) is 15.8. The van der Waals surface area contributed by atoms with Crippen molar-refractivity contribution in [3.8, 4) is 0 Å². The van der Waals surface area contributed by atoms with Gasteiger partial charge < -0.3 is 20.3 Å². The molecule has 0 saturated carbocycles. The van der Waals surface area contributed by atoms with Crippen LogP contribution in [0.25, 0.3) is 0 Å². The van der Waals surface area contributed by atoms with Gasteiger partial charge in [0.15, 0.2) is 5.11 Å². The molecule has 2 aromatic rings. The van der Waals surface area contributed by atoms with Crippen LogP contribution in [0.3, 0.4) is 0 Å². The smallest absolute Gasteiger partial charge is 0.338 e. The average Bonchev–Trinajstić information content (AvgIpc) is 2.73. The van der Waals surface area contributed by atoms with Crippen LogP contribution < -0.4 is 15.5 Å². The van der Waals surface area contributed by atoms with Crippen LogP contribution in [-0.4, -0.2) is 30.8 Å². The molecule has 1 aliphatic rings. The number of benzene rings is 2. The Morgan fingerprint density at radius 1 is 1.24 bits per heavy atom. The molecule has 0 aromatic heterocycles. The van der Waals surface area contributed by atoms with E-state index in [4.69, 9.17) is 17.0 Å². The van der Waals surface area contributed by atoms with Gasteiger partial charge in [0.2, 0.25) is 0 Å². The highest BCUT2D eigenvalue weighted by molar-refractivity contribution is 7.80. The molecule has 1 aliphatic heterocycles. The number of esters is 1. The molecule has 0 bridgehead atoms. The first-order valence-corrected chi connectivity index (χ1v) is 10.6. The highest BCUT2D eigenvalue weighted by Gasteiger charge is 2.16. The maximum atomic E-state index is 11.9. The van der Waals surface area contributed by atoms with Crippen molar-refractivity contribution in [3.63, 3.8) is 0 Å². The monoisotopic (exact) mass is 411 g/mol. The lowest BCUT2D eigenvalue weighted by atomic mass is 9.99. The standard InChI is InChI=1S/C23H29N3O2S/c1-3-28-22(27)19-7-4-8-20(14-19)25-23(29)24-15-18-9-11-21(12-10-18)26-13-5-6-17(2)16-26/h4,7-12,14,17H,3,5-6,13,15-16H2,1-2H3,(H2,24,25,29)/t17-/m1/s1. The van der Waals surface area contributed by atoms with Gasteiger partial charge in [-0.25, -0.2) is 4.79 Å². The molecule has 1 heterocycles. The van der Waals surface area contributed by atoms with E-state index in [1.807, 2.05) is 6.07 Å². The fourth-order valence-corrected chi connectivity index (χ4v) is 3.73. The molecule has 6 heteroatoms. The molecule has 0 amide bonds. The molecule has 3 rings (SSSR count). The number of hydrogen-bond donors (Lipinski definition) is 2. The van der Waals surface area contributed by atoms with Crippen LogP contribution in [0.4, 0.5) is 11.4 Å². The second-order valence-corrected chi connectivity index (χ2v) is 7.88. The zero-order chi connectivity index (χ0) is 20.6. The predicted octanol–water partition coefficient (Wildman–Crippen LogP) is 4.59. The molecular formula is C23H29N3O2S. The van der Waals surface area contributed by atoms with Crippen LogP contribution in [0.2, 0.25) is 0 Å². The number of thiocarbonyl (C=S) groups is 1. The topological polar surface area (TPSA) is 53.6 Å². The second-order valence-electron chi connectivity index (χ2n) is 7.47. The minimum Gasteiger partial charge on any atom is -0.462 e. The highest BCUT2D eigenvalue weighted by atomic mass is 32.1. The van der Waals surface area contributed by atoms with E-state index in [0.29, 0.717) is 23.8 Å². The Morgan fingerprint density at radius 2 is 2.03 bits per heavy atom. The maximum absolute atomic E-state index is 11.9. The number of piperidine rings is 1. The van der Waals surface area contributed by atoms with E-state index in [0.717, 1.165) is 24.7 Å². The number of anilines is 2. The number of rotatable bonds is 6. The van der Waals surface area contributed by atoms with Gasteiger partial charge >= 0.3 is 5.97 Å². The van der Waals surface area contributed by atoms with E-state index in [1.54, 1.807) is 25.1 Å². The number of carbonyl (C=O) groups is 1. The fourth-order valence-electron chi connectivity index (χ4n) is 3.54. The summed E-state index contributed by atoms with van der Waals surface area (Å²) in [5, 5.41) is 6.85. The molecule has 2 N–H and O–H groups in total. The zero-order valence-corrected chi connectivity index (χ0v) is 17.9. The minimum absolute atomic E-state index is 0.335. The molecule has 0 radical (unpaired) electrons. The van der Waals surface area contributed by atoms with Crippen molar-refractivity contribution < 1.29 is 9.53 Å². The quantitative estimate of drug-likeness (QED) is 0.536. The SMILES string of the molecule is CCOC(=O)c1cccc(NC(=S)NCc2ccc(N3CCC[C@@H](C)C3)cc2)c1. The van der Waals surface area contributed by atoms with E-state index in [2.05, 4.69) is 46.7 Å². The Kier molecular flexibility index (Phi) is 7.47. The van der Waals surface area contributed by atoms with Crippen molar-refractivity contribution in [2.24, 2.45) is 5.92 Å². The minimum atomic E-state index is -0.335. The summed E-state index contributed by atoms with van der Waals surface area (Å²) in [6.07, 6.45) is 2.59. The highest BCUT2D eigenvalue weighted by Crippen LogP contribution is 2.23. The first-order valence-electron chi connectivity index (χ1n) is 10.2. The first kappa shape index (κ1) is 21.1. The molecular weight excluding hydrogens is 382 g/mol. The van der Waals surface area contributed by atoms with Gasteiger partial charge in [0.1, 0.15) is 0 Å². The maximum Gasteiger partial charge on any atom is 0.338 e. The molecule has 0 unspecified atom stereocenters. The normalized spacial score (nSPS) is 16.2. The van der Waals surface area contributed by atoms with Crippen LogP contribution in [-0.2, 0) is 11.3 Å². The summed E-state index contributed by atoms with van der Waals surface area (Å²) in [5.41, 5.74) is 3.71. The summed E-state index contributed by atoms with van der Waals surface area (Å²) in [5.74, 6) is 0.425. The van der Waals surface area contributed by atoms with Gasteiger partial charge in [-0.2, -0.15) is 0 Å². The number of nitrogens with one attached hydrogen (secondary N) is 2. The number of hydrogen-bond acceptors (Lipinski definition) is 4. The van der Waals surface area contributed by atoms with E-state index >= 15 is 0 Å². The molecule has 1 saturated heterocycles. The number of nitrogens with zero attached hydrogens (tertiary/aromatic N) is 1. The van der Waals surface area contributed by atoms with Crippen molar-refractivity contribution in [1.82, 2.24) is 5.32 Å². The van der Waals surface area contributed by atoms with Gasteiger partial charge in [-0.05, 0) is 73.8 Å². The van der Waals surface area contributed by atoms with Crippen LogP contribution >= 0.6 is 12.2 Å². The molecule has 2 aromatic carbocycles. The Hall–Kier alpha value is -2.60. The number of ether oxygens (including phenoxy) is 1. The van der Waals surface area contributed by atoms with Crippen molar-refractivity contribution in [1.29, 1.82) is 0 Å². The number of carbonyl (C=O) groups excluding carboxylic acids is 1. The fraction of sp³-hybridized carbons (Fsp3) is 0.391. The Labute approximate surface area is 178 Å². The predicted molar refractivity (Wildman–Crippen MR) is 123 cm³/mol. The van der Waals surface area contributed by atoms with Crippen molar-refractivity contribution in [2.75, 3.05) is 29.9 Å². The third-order valence-electron chi connectivity index (χ3n) is 5.04.